The zero-order valence-electron chi connectivity index (χ0n) is 9.06. The van der Waals surface area contributed by atoms with Crippen LogP contribution in [-0.4, -0.2) is 33.1 Å². The van der Waals surface area contributed by atoms with Crippen LogP contribution in [0.2, 0.25) is 0 Å². The molecular weight excluding hydrogens is 230 g/mol. The third-order valence-corrected chi connectivity index (χ3v) is 3.03. The van der Waals surface area contributed by atoms with E-state index in [1.165, 1.54) is 0 Å². The highest BCUT2D eigenvalue weighted by Gasteiger charge is 2.32. The molecule has 0 aromatic rings. The summed E-state index contributed by atoms with van der Waals surface area (Å²) in [4.78, 5) is 21.8. The molecule has 1 amide bonds. The normalized spacial score (nSPS) is 23.6. The summed E-state index contributed by atoms with van der Waals surface area (Å²) in [6, 6.07) is 0. The molecule has 88 valence electrons. The second kappa shape index (κ2) is 5.64. The Morgan fingerprint density at radius 1 is 1.62 bits per heavy atom. The molecular formula is C9H13N3O3S. The van der Waals surface area contributed by atoms with E-state index in [4.69, 9.17) is 5.11 Å². The summed E-state index contributed by atoms with van der Waals surface area (Å²) in [6.45, 7) is 3.78. The quantitative estimate of drug-likeness (QED) is 0.565. The molecule has 0 aliphatic carbocycles. The van der Waals surface area contributed by atoms with E-state index < -0.39 is 11.2 Å². The maximum Gasteiger partial charge on any atom is 0.305 e. The smallest absolute Gasteiger partial charge is 0.305 e. The first kappa shape index (κ1) is 12.7. The molecule has 0 radical (unpaired) electrons. The molecule has 1 aliphatic rings. The van der Waals surface area contributed by atoms with Crippen molar-refractivity contribution in [3.8, 4) is 0 Å². The third kappa shape index (κ3) is 3.65. The zero-order chi connectivity index (χ0) is 12.1. The average Bonchev–Trinajstić information content (AvgIpc) is 2.55. The molecule has 7 heteroatoms. The highest BCUT2D eigenvalue weighted by molar-refractivity contribution is 8.15. The Hall–Kier alpha value is -1.37. The van der Waals surface area contributed by atoms with Gasteiger partial charge in [-0.1, -0.05) is 18.7 Å². The summed E-state index contributed by atoms with van der Waals surface area (Å²) in [5.41, 5.74) is 0.851. The van der Waals surface area contributed by atoms with Gasteiger partial charge < -0.3 is 10.4 Å². The van der Waals surface area contributed by atoms with Crippen LogP contribution < -0.4 is 5.32 Å². The Balaban J connectivity index is 2.62. The fourth-order valence-corrected chi connectivity index (χ4v) is 1.86. The van der Waals surface area contributed by atoms with Crippen LogP contribution in [0.3, 0.4) is 0 Å². The van der Waals surface area contributed by atoms with E-state index >= 15 is 0 Å². The standard InChI is InChI=1S/C9H13N3O3S/c1-3-5(2)11-12-9-10-8(15)6(16-9)4-7(13)14/h6H,3-4H2,1-2H3,(H,13,14)(H,10,12,15)/b11-5+/t6-/m1/s1. The van der Waals surface area contributed by atoms with Crippen molar-refractivity contribution in [3.05, 3.63) is 0 Å². The third-order valence-electron chi connectivity index (χ3n) is 1.96. The minimum Gasteiger partial charge on any atom is -0.481 e. The Morgan fingerprint density at radius 3 is 2.88 bits per heavy atom. The zero-order valence-corrected chi connectivity index (χ0v) is 9.87. The number of amides is 1. The summed E-state index contributed by atoms with van der Waals surface area (Å²) in [6.07, 6.45) is 0.583. The molecule has 6 nitrogen and oxygen atoms in total. The van der Waals surface area contributed by atoms with Crippen LogP contribution >= 0.6 is 11.8 Å². The number of nitrogens with zero attached hydrogens (tertiary/aromatic N) is 2. The minimum absolute atomic E-state index is 0.202. The lowest BCUT2D eigenvalue weighted by Crippen LogP contribution is -2.26. The monoisotopic (exact) mass is 243 g/mol. The second-order valence-corrected chi connectivity index (χ2v) is 4.48. The molecule has 1 heterocycles. The van der Waals surface area contributed by atoms with Gasteiger partial charge >= 0.3 is 5.97 Å². The first-order valence-electron chi connectivity index (χ1n) is 4.83. The SMILES string of the molecule is CC/C(C)=N/N=C1/NC(=O)[C@@H](CC(=O)O)S1. The Kier molecular flexibility index (Phi) is 4.48. The number of thioether (sulfide) groups is 1. The molecule has 1 aliphatic heterocycles. The van der Waals surface area contributed by atoms with E-state index in [2.05, 4.69) is 15.5 Å². The number of rotatable bonds is 4. The first-order chi connectivity index (χ1) is 7.52. The fourth-order valence-electron chi connectivity index (χ4n) is 0.947. The number of carboxylic acid groups (broad SMARTS) is 1. The summed E-state index contributed by atoms with van der Waals surface area (Å²) in [5.74, 6) is -1.32. The predicted octanol–water partition coefficient (Wildman–Crippen LogP) is 0.835. The van der Waals surface area contributed by atoms with Crippen molar-refractivity contribution in [2.24, 2.45) is 10.2 Å². The molecule has 2 N–H and O–H groups in total. The highest BCUT2D eigenvalue weighted by atomic mass is 32.2. The van der Waals surface area contributed by atoms with Crippen LogP contribution in [0, 0.1) is 0 Å². The summed E-state index contributed by atoms with van der Waals surface area (Å²) >= 11 is 1.10. The Labute approximate surface area is 97.2 Å². The Morgan fingerprint density at radius 2 is 2.31 bits per heavy atom. The highest BCUT2D eigenvalue weighted by Crippen LogP contribution is 2.22. The molecule has 1 fully saturated rings. The van der Waals surface area contributed by atoms with Crippen molar-refractivity contribution in [1.82, 2.24) is 5.32 Å². The molecule has 0 unspecified atom stereocenters. The van der Waals surface area contributed by atoms with Crippen LogP contribution in [0.5, 0.6) is 0 Å². The van der Waals surface area contributed by atoms with Crippen LogP contribution in [0.25, 0.3) is 0 Å². The van der Waals surface area contributed by atoms with E-state index in [9.17, 15) is 9.59 Å². The van der Waals surface area contributed by atoms with Gasteiger partial charge in [0.25, 0.3) is 0 Å². The van der Waals surface area contributed by atoms with Crippen molar-refractivity contribution >= 4 is 34.5 Å². The van der Waals surface area contributed by atoms with Gasteiger partial charge in [-0.3, -0.25) is 9.59 Å². The molecule has 0 saturated carbocycles. The molecule has 0 aromatic carbocycles. The largest absolute Gasteiger partial charge is 0.481 e. The van der Waals surface area contributed by atoms with Gasteiger partial charge in [-0.2, -0.15) is 5.10 Å². The van der Waals surface area contributed by atoms with Crippen LogP contribution in [0.4, 0.5) is 0 Å². The number of hydrogen-bond donors (Lipinski definition) is 2. The number of carbonyl (C=O) groups excluding carboxylic acids is 1. The molecule has 0 aromatic heterocycles. The second-order valence-electron chi connectivity index (χ2n) is 3.29. The summed E-state index contributed by atoms with van der Waals surface area (Å²) < 4.78 is 0. The summed E-state index contributed by atoms with van der Waals surface area (Å²) in [5, 5.41) is 18.6. The number of nitrogens with one attached hydrogen (secondary N) is 1. The number of amidine groups is 1. The lowest BCUT2D eigenvalue weighted by atomic mass is 10.3. The van der Waals surface area contributed by atoms with E-state index in [1.54, 1.807) is 0 Å². The van der Waals surface area contributed by atoms with Gasteiger partial charge in [-0.05, 0) is 13.3 Å². The lowest BCUT2D eigenvalue weighted by Gasteiger charge is -1.97. The van der Waals surface area contributed by atoms with Crippen molar-refractivity contribution in [2.45, 2.75) is 31.9 Å². The topological polar surface area (TPSA) is 91.1 Å². The van der Waals surface area contributed by atoms with E-state index in [1.807, 2.05) is 13.8 Å². The predicted molar refractivity (Wildman–Crippen MR) is 62.6 cm³/mol. The van der Waals surface area contributed by atoms with Gasteiger partial charge in [0.2, 0.25) is 5.91 Å². The molecule has 1 saturated heterocycles. The van der Waals surface area contributed by atoms with Gasteiger partial charge in [0.05, 0.1) is 6.42 Å². The van der Waals surface area contributed by atoms with Crippen molar-refractivity contribution < 1.29 is 14.7 Å². The number of carbonyl (C=O) groups is 2. The van der Waals surface area contributed by atoms with Gasteiger partial charge in [0.15, 0.2) is 5.17 Å². The van der Waals surface area contributed by atoms with E-state index in [0.29, 0.717) is 5.17 Å². The average molecular weight is 243 g/mol. The molecule has 16 heavy (non-hydrogen) atoms. The summed E-state index contributed by atoms with van der Waals surface area (Å²) in [7, 11) is 0. The fraction of sp³-hybridized carbons (Fsp3) is 0.556. The number of aliphatic carboxylic acids is 1. The lowest BCUT2D eigenvalue weighted by molar-refractivity contribution is -0.138. The van der Waals surface area contributed by atoms with E-state index in [-0.39, 0.29) is 12.3 Å². The van der Waals surface area contributed by atoms with Gasteiger partial charge in [-0.25, -0.2) is 0 Å². The van der Waals surface area contributed by atoms with Gasteiger partial charge in [0, 0.05) is 5.71 Å². The van der Waals surface area contributed by atoms with Crippen LogP contribution in [-0.2, 0) is 9.59 Å². The molecule has 0 spiro atoms. The number of hydrogen-bond acceptors (Lipinski definition) is 5. The van der Waals surface area contributed by atoms with Gasteiger partial charge in [-0.15, -0.1) is 5.10 Å². The van der Waals surface area contributed by atoms with Crippen molar-refractivity contribution in [1.29, 1.82) is 0 Å². The van der Waals surface area contributed by atoms with Crippen LogP contribution in [0.1, 0.15) is 26.7 Å². The maximum atomic E-state index is 11.3. The number of carboxylic acids is 1. The Bertz CT molecular complexity index is 365. The maximum absolute atomic E-state index is 11.3. The van der Waals surface area contributed by atoms with Crippen molar-refractivity contribution in [3.63, 3.8) is 0 Å². The molecule has 1 rings (SSSR count). The minimum atomic E-state index is -0.998. The van der Waals surface area contributed by atoms with E-state index in [0.717, 1.165) is 23.9 Å². The molecule has 0 bridgehead atoms. The molecule has 1 atom stereocenters. The van der Waals surface area contributed by atoms with Crippen LogP contribution in [0.15, 0.2) is 10.2 Å². The van der Waals surface area contributed by atoms with Crippen molar-refractivity contribution in [2.75, 3.05) is 0 Å². The van der Waals surface area contributed by atoms with Gasteiger partial charge in [0.1, 0.15) is 5.25 Å². The first-order valence-corrected chi connectivity index (χ1v) is 5.71.